The van der Waals surface area contributed by atoms with Crippen LogP contribution in [0.15, 0.2) is 42.9 Å². The molecule has 0 atom stereocenters. The Morgan fingerprint density at radius 2 is 1.69 bits per heavy atom. The van der Waals surface area contributed by atoms with Gasteiger partial charge in [0.1, 0.15) is 29.3 Å². The molecule has 1 aromatic carbocycles. The van der Waals surface area contributed by atoms with Gasteiger partial charge in [0, 0.05) is 12.3 Å². The maximum atomic E-state index is 6.23. The normalized spacial score (nSPS) is 10.3. The molecule has 2 aromatic heterocycles. The Bertz CT molecular complexity index is 916. The molecule has 0 unspecified atom stereocenters. The highest BCUT2D eigenvalue weighted by molar-refractivity contribution is 5.81. The van der Waals surface area contributed by atoms with E-state index in [0.717, 1.165) is 5.56 Å². The summed E-state index contributed by atoms with van der Waals surface area (Å²) in [6.07, 6.45) is 3.14. The average molecular weight is 352 g/mol. The number of benzene rings is 1. The topological polar surface area (TPSA) is 107 Å². The maximum absolute atomic E-state index is 6.23. The third-order valence-corrected chi connectivity index (χ3v) is 3.71. The molecule has 0 aliphatic rings. The summed E-state index contributed by atoms with van der Waals surface area (Å²) in [5, 5.41) is 6.27. The minimum atomic E-state index is 0.362. The minimum absolute atomic E-state index is 0.362. The lowest BCUT2D eigenvalue weighted by molar-refractivity contribution is 0.405. The number of aromatic nitrogens is 3. The van der Waals surface area contributed by atoms with Crippen molar-refractivity contribution >= 4 is 28.8 Å². The predicted molar refractivity (Wildman–Crippen MR) is 102 cm³/mol. The molecule has 26 heavy (non-hydrogen) atoms. The summed E-state index contributed by atoms with van der Waals surface area (Å²) < 4.78 is 10.6. The van der Waals surface area contributed by atoms with Crippen LogP contribution in [-0.4, -0.2) is 29.2 Å². The van der Waals surface area contributed by atoms with E-state index in [4.69, 9.17) is 15.2 Å². The largest absolute Gasteiger partial charge is 0.497 e. The standard InChI is InChI=1S/C18H20N6O2/c1-11-6-7-20-15(8-11)24-18-16(19)17(21-10-22-18)23-13-9-12(25-2)4-5-14(13)26-3/h4-10H,19H2,1-3H3,(H2,20,21,22,23,24). The van der Waals surface area contributed by atoms with Gasteiger partial charge in [-0.05, 0) is 36.8 Å². The van der Waals surface area contributed by atoms with E-state index in [9.17, 15) is 0 Å². The number of nitrogens with one attached hydrogen (secondary N) is 2. The van der Waals surface area contributed by atoms with Gasteiger partial charge in [-0.1, -0.05) is 0 Å². The molecule has 8 heteroatoms. The van der Waals surface area contributed by atoms with E-state index in [1.54, 1.807) is 32.5 Å². The fourth-order valence-corrected chi connectivity index (χ4v) is 2.36. The van der Waals surface area contributed by atoms with Gasteiger partial charge in [-0.3, -0.25) is 0 Å². The Morgan fingerprint density at radius 1 is 0.923 bits per heavy atom. The van der Waals surface area contributed by atoms with Crippen LogP contribution >= 0.6 is 0 Å². The molecule has 134 valence electrons. The van der Waals surface area contributed by atoms with Crippen molar-refractivity contribution in [3.05, 3.63) is 48.4 Å². The van der Waals surface area contributed by atoms with Gasteiger partial charge in [0.25, 0.3) is 0 Å². The maximum Gasteiger partial charge on any atom is 0.160 e. The number of nitrogens with two attached hydrogens (primary N) is 1. The van der Waals surface area contributed by atoms with Crippen LogP contribution in [0.5, 0.6) is 11.5 Å². The molecule has 0 radical (unpaired) electrons. The second-order valence-corrected chi connectivity index (χ2v) is 5.52. The first kappa shape index (κ1) is 17.3. The molecule has 0 spiro atoms. The van der Waals surface area contributed by atoms with Crippen LogP contribution in [0.2, 0.25) is 0 Å². The van der Waals surface area contributed by atoms with Crippen LogP contribution in [0.1, 0.15) is 5.56 Å². The summed E-state index contributed by atoms with van der Waals surface area (Å²) in [7, 11) is 3.19. The quantitative estimate of drug-likeness (QED) is 0.620. The highest BCUT2D eigenvalue weighted by Gasteiger charge is 2.12. The van der Waals surface area contributed by atoms with E-state index in [1.807, 2.05) is 25.1 Å². The predicted octanol–water partition coefficient (Wildman–Crippen LogP) is 3.27. The van der Waals surface area contributed by atoms with Crippen LogP contribution in [0.25, 0.3) is 0 Å². The molecule has 0 amide bonds. The zero-order valence-electron chi connectivity index (χ0n) is 14.8. The Labute approximate surface area is 151 Å². The van der Waals surface area contributed by atoms with Gasteiger partial charge < -0.3 is 25.8 Å². The van der Waals surface area contributed by atoms with Crippen molar-refractivity contribution in [1.82, 2.24) is 15.0 Å². The third kappa shape index (κ3) is 3.75. The Balaban J connectivity index is 1.90. The van der Waals surface area contributed by atoms with Gasteiger partial charge in [0.15, 0.2) is 11.6 Å². The van der Waals surface area contributed by atoms with Gasteiger partial charge in [0.05, 0.1) is 19.9 Å². The van der Waals surface area contributed by atoms with Crippen LogP contribution in [0.4, 0.5) is 28.8 Å². The number of rotatable bonds is 6. The zero-order chi connectivity index (χ0) is 18.5. The number of nitrogens with zero attached hydrogens (tertiary/aromatic N) is 3. The lowest BCUT2D eigenvalue weighted by Gasteiger charge is -2.15. The number of ether oxygens (including phenoxy) is 2. The van der Waals surface area contributed by atoms with E-state index < -0.39 is 0 Å². The number of anilines is 5. The molecule has 4 N–H and O–H groups in total. The zero-order valence-corrected chi connectivity index (χ0v) is 14.8. The fraction of sp³-hybridized carbons (Fsp3) is 0.167. The first-order valence-electron chi connectivity index (χ1n) is 7.90. The van der Waals surface area contributed by atoms with Crippen molar-refractivity contribution < 1.29 is 9.47 Å². The summed E-state index contributed by atoms with van der Waals surface area (Å²) in [5.74, 6) is 2.88. The fourth-order valence-electron chi connectivity index (χ4n) is 2.36. The number of nitrogen functional groups attached to an aromatic ring is 1. The molecule has 0 aliphatic heterocycles. The molecule has 0 saturated heterocycles. The molecule has 0 saturated carbocycles. The van der Waals surface area contributed by atoms with E-state index >= 15 is 0 Å². The monoisotopic (exact) mass is 352 g/mol. The number of pyridine rings is 1. The van der Waals surface area contributed by atoms with Gasteiger partial charge in [0.2, 0.25) is 0 Å². The SMILES string of the molecule is COc1ccc(OC)c(Nc2ncnc(Nc3cc(C)ccn3)c2N)c1. The van der Waals surface area contributed by atoms with E-state index in [2.05, 4.69) is 25.6 Å². The van der Waals surface area contributed by atoms with Gasteiger partial charge >= 0.3 is 0 Å². The van der Waals surface area contributed by atoms with Crippen molar-refractivity contribution in [3.63, 3.8) is 0 Å². The van der Waals surface area contributed by atoms with Crippen molar-refractivity contribution in [2.45, 2.75) is 6.92 Å². The number of methoxy groups -OCH3 is 2. The number of hydrogen-bond acceptors (Lipinski definition) is 8. The molecule has 8 nitrogen and oxygen atoms in total. The lowest BCUT2D eigenvalue weighted by atomic mass is 10.2. The van der Waals surface area contributed by atoms with Crippen molar-refractivity contribution in [2.75, 3.05) is 30.6 Å². The van der Waals surface area contributed by atoms with Crippen LogP contribution in [0.3, 0.4) is 0 Å². The van der Waals surface area contributed by atoms with Crippen LogP contribution < -0.4 is 25.8 Å². The summed E-state index contributed by atoms with van der Waals surface area (Å²) in [4.78, 5) is 12.7. The molecule has 3 aromatic rings. The average Bonchev–Trinajstić information content (AvgIpc) is 2.65. The van der Waals surface area contributed by atoms with E-state index in [-0.39, 0.29) is 0 Å². The second kappa shape index (κ2) is 7.56. The molecule has 0 aliphatic carbocycles. The first-order valence-corrected chi connectivity index (χ1v) is 7.90. The minimum Gasteiger partial charge on any atom is -0.497 e. The smallest absolute Gasteiger partial charge is 0.160 e. The highest BCUT2D eigenvalue weighted by atomic mass is 16.5. The van der Waals surface area contributed by atoms with Crippen LogP contribution in [-0.2, 0) is 0 Å². The summed E-state index contributed by atoms with van der Waals surface area (Å²) >= 11 is 0. The third-order valence-electron chi connectivity index (χ3n) is 3.71. The Hall–Kier alpha value is -3.55. The number of aryl methyl sites for hydroxylation is 1. The van der Waals surface area contributed by atoms with E-state index in [0.29, 0.717) is 40.3 Å². The molecule has 0 fully saturated rings. The van der Waals surface area contributed by atoms with Gasteiger partial charge in [-0.25, -0.2) is 15.0 Å². The number of hydrogen-bond donors (Lipinski definition) is 3. The van der Waals surface area contributed by atoms with Crippen molar-refractivity contribution in [1.29, 1.82) is 0 Å². The van der Waals surface area contributed by atoms with Crippen LogP contribution in [0, 0.1) is 6.92 Å². The Kier molecular flexibility index (Phi) is 5.02. The molecule has 3 rings (SSSR count). The molecule has 0 bridgehead atoms. The Morgan fingerprint density at radius 3 is 2.38 bits per heavy atom. The van der Waals surface area contributed by atoms with Crippen molar-refractivity contribution in [2.24, 2.45) is 0 Å². The summed E-state index contributed by atoms with van der Waals surface area (Å²) in [6.45, 7) is 1.98. The van der Waals surface area contributed by atoms with Gasteiger partial charge in [-0.2, -0.15) is 0 Å². The second-order valence-electron chi connectivity index (χ2n) is 5.52. The molecular formula is C18H20N6O2. The summed E-state index contributed by atoms with van der Waals surface area (Å²) in [6, 6.07) is 9.23. The lowest BCUT2D eigenvalue weighted by Crippen LogP contribution is -2.06. The van der Waals surface area contributed by atoms with Crippen molar-refractivity contribution in [3.8, 4) is 11.5 Å². The molecule has 2 heterocycles. The summed E-state index contributed by atoms with van der Waals surface area (Å²) in [5.41, 5.74) is 8.35. The first-order chi connectivity index (χ1) is 12.6. The molecular weight excluding hydrogens is 332 g/mol. The van der Waals surface area contributed by atoms with E-state index in [1.165, 1.54) is 6.33 Å². The van der Waals surface area contributed by atoms with Gasteiger partial charge in [-0.15, -0.1) is 0 Å². The highest BCUT2D eigenvalue weighted by Crippen LogP contribution is 2.34.